The molecule has 9 heteroatoms. The van der Waals surface area contributed by atoms with E-state index in [1.807, 2.05) is 19.1 Å². The van der Waals surface area contributed by atoms with Gasteiger partial charge in [0.1, 0.15) is 11.9 Å². The molecule has 2 saturated carbocycles. The fourth-order valence-electron chi connectivity index (χ4n) is 9.92. The molecule has 0 radical (unpaired) electrons. The predicted octanol–water partition coefficient (Wildman–Crippen LogP) is 9.74. The Morgan fingerprint density at radius 1 is 0.933 bits per heavy atom. The minimum atomic E-state index is -5.46. The van der Waals surface area contributed by atoms with Crippen molar-refractivity contribution < 1.29 is 36.6 Å². The molecule has 1 unspecified atom stereocenters. The first-order chi connectivity index (χ1) is 21.1. The van der Waals surface area contributed by atoms with Crippen molar-refractivity contribution in [3.05, 3.63) is 29.3 Å². The van der Waals surface area contributed by atoms with Gasteiger partial charge < -0.3 is 15.1 Å². The lowest BCUT2D eigenvalue weighted by Gasteiger charge is -2.56. The van der Waals surface area contributed by atoms with Gasteiger partial charge in [-0.05, 0) is 125 Å². The summed E-state index contributed by atoms with van der Waals surface area (Å²) in [6.45, 7) is 6.06. The Labute approximate surface area is 265 Å². The first-order valence-electron chi connectivity index (χ1n) is 17.5. The number of fused-ring (bicyclic) bond motifs is 5. The van der Waals surface area contributed by atoms with Gasteiger partial charge in [0.15, 0.2) is 0 Å². The quantitative estimate of drug-likeness (QED) is 0.166. The molecule has 45 heavy (non-hydrogen) atoms. The fraction of sp³-hybridized carbons (Fsp3) is 0.833. The van der Waals surface area contributed by atoms with Crippen LogP contribution in [0.15, 0.2) is 18.2 Å². The molecule has 4 aliphatic rings. The van der Waals surface area contributed by atoms with Gasteiger partial charge in [-0.2, -0.15) is 22.0 Å². The second-order valence-electron chi connectivity index (χ2n) is 15.3. The monoisotopic (exact) mass is 645 g/mol. The average Bonchev–Trinajstić information content (AvgIpc) is 3.49. The Kier molecular flexibility index (Phi) is 10.5. The number of aliphatic hydroxyl groups is 1. The van der Waals surface area contributed by atoms with Crippen LogP contribution in [0.2, 0.25) is 0 Å². The Morgan fingerprint density at radius 3 is 2.40 bits per heavy atom. The summed E-state index contributed by atoms with van der Waals surface area (Å²) in [7, 11) is 0. The van der Waals surface area contributed by atoms with Gasteiger partial charge in [-0.15, -0.1) is 0 Å². The molecule has 1 aliphatic heterocycles. The van der Waals surface area contributed by atoms with Gasteiger partial charge >= 0.3 is 12.1 Å². The third-order valence-electron chi connectivity index (χ3n) is 12.6. The molecule has 0 amide bonds. The van der Waals surface area contributed by atoms with E-state index in [4.69, 9.17) is 0 Å². The zero-order chi connectivity index (χ0) is 32.6. The van der Waals surface area contributed by atoms with Crippen molar-refractivity contribution in [3.63, 3.8) is 0 Å². The van der Waals surface area contributed by atoms with E-state index in [-0.39, 0.29) is 29.9 Å². The highest BCUT2D eigenvalue weighted by atomic mass is 19.4. The number of benzene rings is 1. The van der Waals surface area contributed by atoms with Crippen molar-refractivity contribution in [2.24, 2.45) is 23.2 Å². The molecule has 2 N–H and O–H groups in total. The first kappa shape index (κ1) is 34.8. The van der Waals surface area contributed by atoms with Gasteiger partial charge in [-0.3, -0.25) is 0 Å². The second kappa shape index (κ2) is 13.6. The molecule has 3 aliphatic carbocycles. The molecule has 1 heterocycles. The number of nitrogens with zero attached hydrogens (tertiary/aromatic N) is 1. The highest BCUT2D eigenvalue weighted by Gasteiger charge is 2.63. The Morgan fingerprint density at radius 2 is 1.64 bits per heavy atom. The average molecular weight is 646 g/mol. The number of phenols is 1. The number of rotatable bonds is 13. The van der Waals surface area contributed by atoms with Crippen LogP contribution in [-0.4, -0.2) is 58.1 Å². The summed E-state index contributed by atoms with van der Waals surface area (Å²) in [6, 6.07) is 5.91. The van der Waals surface area contributed by atoms with Gasteiger partial charge in [-0.25, -0.2) is 4.39 Å². The van der Waals surface area contributed by atoms with E-state index in [2.05, 4.69) is 11.8 Å². The smallest absolute Gasteiger partial charge is 0.453 e. The van der Waals surface area contributed by atoms with Crippen molar-refractivity contribution in [1.82, 2.24) is 4.90 Å². The lowest BCUT2D eigenvalue weighted by Crippen LogP contribution is -2.54. The number of unbranched alkanes of at least 4 members (excludes halogenated alkanes) is 5. The molecule has 1 aromatic rings. The van der Waals surface area contributed by atoms with Crippen LogP contribution in [0.5, 0.6) is 5.75 Å². The molecule has 1 aromatic carbocycles. The molecule has 3 nitrogen and oxygen atoms in total. The van der Waals surface area contributed by atoms with Crippen LogP contribution in [0.1, 0.15) is 127 Å². The van der Waals surface area contributed by atoms with E-state index < -0.39 is 35.7 Å². The zero-order valence-electron chi connectivity index (χ0n) is 27.0. The normalized spacial score (nSPS) is 35.3. The summed E-state index contributed by atoms with van der Waals surface area (Å²) < 4.78 is 79.4. The van der Waals surface area contributed by atoms with Crippen LogP contribution in [0, 0.1) is 23.2 Å². The summed E-state index contributed by atoms with van der Waals surface area (Å²) in [4.78, 5) is 2.52. The van der Waals surface area contributed by atoms with Crippen molar-refractivity contribution >= 4 is 0 Å². The maximum atomic E-state index is 16.1. The maximum Gasteiger partial charge on any atom is 0.453 e. The zero-order valence-corrected chi connectivity index (χ0v) is 27.0. The van der Waals surface area contributed by atoms with Crippen molar-refractivity contribution in [2.45, 2.75) is 152 Å². The van der Waals surface area contributed by atoms with E-state index in [9.17, 15) is 32.2 Å². The summed E-state index contributed by atoms with van der Waals surface area (Å²) >= 11 is 0. The number of hydrogen-bond donors (Lipinski definition) is 2. The van der Waals surface area contributed by atoms with Crippen molar-refractivity contribution in [1.29, 1.82) is 0 Å². The molecule has 256 valence electrons. The highest BCUT2D eigenvalue weighted by Crippen LogP contribution is 2.66. The largest absolute Gasteiger partial charge is 0.508 e. The summed E-state index contributed by atoms with van der Waals surface area (Å²) in [5, 5.41) is 21.5. The van der Waals surface area contributed by atoms with Gasteiger partial charge in [0.2, 0.25) is 0 Å². The minimum Gasteiger partial charge on any atom is -0.508 e. The van der Waals surface area contributed by atoms with Crippen LogP contribution in [0.25, 0.3) is 0 Å². The van der Waals surface area contributed by atoms with Crippen molar-refractivity contribution in [3.8, 4) is 5.75 Å². The summed E-state index contributed by atoms with van der Waals surface area (Å²) in [5.74, 6) is -3.76. The number of phenolic OH excluding ortho intramolecular Hbond substituents is 1. The Balaban J connectivity index is 1.09. The van der Waals surface area contributed by atoms with E-state index in [0.717, 1.165) is 88.4 Å². The van der Waals surface area contributed by atoms with Gasteiger partial charge in [0.25, 0.3) is 0 Å². The third-order valence-corrected chi connectivity index (χ3v) is 12.6. The van der Waals surface area contributed by atoms with E-state index in [1.165, 1.54) is 0 Å². The van der Waals surface area contributed by atoms with Gasteiger partial charge in [-0.1, -0.05) is 45.1 Å². The molecule has 0 aromatic heterocycles. The SMILES string of the molecule is C[C@]12C[C@H](F)[C@@H]3c4ccc(O)cc4CC(CCCCCN4CCC[C@H]4CCCCCCC(F)(F)C(F)(F)F)[C@H]3[C@@H]1CC[C@@]2(C)O. The lowest BCUT2D eigenvalue weighted by atomic mass is 9.50. The molecule has 1 saturated heterocycles. The van der Waals surface area contributed by atoms with E-state index >= 15 is 4.39 Å². The van der Waals surface area contributed by atoms with E-state index in [1.54, 1.807) is 6.07 Å². The molecule has 0 spiro atoms. The highest BCUT2D eigenvalue weighted by molar-refractivity contribution is 5.41. The molecule has 5 rings (SSSR count). The Hall–Kier alpha value is -1.48. The standard InChI is InChI=1S/C36H53F6NO2/c1-33-23-30(37)32-28-15-14-27(44)22-25(28)21-24(31(32)29(33)16-18-34(33,2)45)11-6-5-9-19-43-20-10-13-26(43)12-7-3-4-8-17-35(38,39)36(40,41)42/h14-15,22,24,26,29-32,44-45H,3-13,16-21,23H2,1-2H3/t24?,26-,29+,30+,31+,32+,33+,34-/m1/s1. The Bertz CT molecular complexity index is 1140. The second-order valence-corrected chi connectivity index (χ2v) is 15.3. The number of likely N-dealkylation sites (tertiary alicyclic amines) is 1. The van der Waals surface area contributed by atoms with Crippen molar-refractivity contribution in [2.75, 3.05) is 13.1 Å². The lowest BCUT2D eigenvalue weighted by molar-refractivity contribution is -0.284. The number of halogens is 6. The number of alkyl halides is 6. The van der Waals surface area contributed by atoms with Crippen LogP contribution in [0.4, 0.5) is 26.3 Å². The van der Waals surface area contributed by atoms with Gasteiger partial charge in [0.05, 0.1) is 5.60 Å². The summed E-state index contributed by atoms with van der Waals surface area (Å²) in [6.07, 6.45) is 4.49. The topological polar surface area (TPSA) is 43.7 Å². The fourth-order valence-corrected chi connectivity index (χ4v) is 9.92. The van der Waals surface area contributed by atoms with Crippen LogP contribution in [-0.2, 0) is 6.42 Å². The molecular weight excluding hydrogens is 592 g/mol. The first-order valence-corrected chi connectivity index (χ1v) is 17.5. The van der Waals surface area contributed by atoms with Crippen LogP contribution < -0.4 is 0 Å². The third kappa shape index (κ3) is 7.19. The molecule has 3 fully saturated rings. The van der Waals surface area contributed by atoms with E-state index in [0.29, 0.717) is 37.6 Å². The molecule has 0 bridgehead atoms. The summed E-state index contributed by atoms with van der Waals surface area (Å²) in [5.41, 5.74) is 0.834. The van der Waals surface area contributed by atoms with Crippen LogP contribution >= 0.6 is 0 Å². The maximum absolute atomic E-state index is 16.1. The van der Waals surface area contributed by atoms with Crippen LogP contribution in [0.3, 0.4) is 0 Å². The number of aromatic hydroxyl groups is 1. The molecule has 8 atom stereocenters. The minimum absolute atomic E-state index is 0.110. The van der Waals surface area contributed by atoms with Gasteiger partial charge in [0, 0.05) is 23.8 Å². The predicted molar refractivity (Wildman–Crippen MR) is 164 cm³/mol. The number of hydrogen-bond acceptors (Lipinski definition) is 3. The molecular formula is C36H53F6NO2.